The van der Waals surface area contributed by atoms with E-state index in [0.717, 1.165) is 13.0 Å². The summed E-state index contributed by atoms with van der Waals surface area (Å²) in [4.78, 5) is 18.8. The van der Waals surface area contributed by atoms with Crippen molar-refractivity contribution in [1.82, 2.24) is 9.97 Å². The van der Waals surface area contributed by atoms with Gasteiger partial charge < -0.3 is 10.6 Å². The van der Waals surface area contributed by atoms with Gasteiger partial charge >= 0.3 is 5.69 Å². The molecule has 1 aliphatic rings. The number of hydrogen-bond acceptors (Lipinski definition) is 6. The standard InChI is InChI=1S/C13H21N5O2/c1-2-7-14-12-11(18(19)20)13(17-9-16-12)15-8-10-5-3-4-6-10/h9-10H,2-8H2,1H3,(H2,14,15,16,17). The van der Waals surface area contributed by atoms with E-state index < -0.39 is 4.92 Å². The van der Waals surface area contributed by atoms with Crippen molar-refractivity contribution in [1.29, 1.82) is 0 Å². The summed E-state index contributed by atoms with van der Waals surface area (Å²) in [6.07, 6.45) is 7.12. The summed E-state index contributed by atoms with van der Waals surface area (Å²) in [6, 6.07) is 0. The van der Waals surface area contributed by atoms with Gasteiger partial charge in [-0.3, -0.25) is 10.1 Å². The Morgan fingerprint density at radius 2 is 1.95 bits per heavy atom. The zero-order valence-corrected chi connectivity index (χ0v) is 11.8. The summed E-state index contributed by atoms with van der Waals surface area (Å²) in [5.41, 5.74) is -0.0565. The van der Waals surface area contributed by atoms with E-state index in [1.807, 2.05) is 6.92 Å². The number of nitrogens with zero attached hydrogens (tertiary/aromatic N) is 3. The summed E-state index contributed by atoms with van der Waals surface area (Å²) >= 11 is 0. The van der Waals surface area contributed by atoms with Gasteiger partial charge in [-0.05, 0) is 25.2 Å². The molecule has 1 saturated carbocycles. The predicted molar refractivity (Wildman–Crippen MR) is 77.9 cm³/mol. The second kappa shape index (κ2) is 7.02. The molecule has 1 fully saturated rings. The molecule has 0 atom stereocenters. The number of nitrogens with one attached hydrogen (secondary N) is 2. The molecule has 0 aliphatic heterocycles. The molecule has 1 aromatic heterocycles. The Morgan fingerprint density at radius 3 is 2.55 bits per heavy atom. The average Bonchev–Trinajstić information content (AvgIpc) is 2.95. The normalized spacial score (nSPS) is 15.2. The summed E-state index contributed by atoms with van der Waals surface area (Å²) in [7, 11) is 0. The summed E-state index contributed by atoms with van der Waals surface area (Å²) in [5.74, 6) is 1.20. The van der Waals surface area contributed by atoms with Crippen molar-refractivity contribution < 1.29 is 4.92 Å². The van der Waals surface area contributed by atoms with Crippen LogP contribution in [0.15, 0.2) is 6.33 Å². The minimum atomic E-state index is -0.422. The molecular weight excluding hydrogens is 258 g/mol. The number of rotatable bonds is 7. The zero-order chi connectivity index (χ0) is 14.4. The fourth-order valence-corrected chi connectivity index (χ4v) is 2.51. The second-order valence-corrected chi connectivity index (χ2v) is 5.13. The van der Waals surface area contributed by atoms with Gasteiger partial charge in [0.25, 0.3) is 0 Å². The summed E-state index contributed by atoms with van der Waals surface area (Å²) in [6.45, 7) is 3.39. The van der Waals surface area contributed by atoms with Crippen LogP contribution in [0.1, 0.15) is 39.0 Å². The van der Waals surface area contributed by atoms with Gasteiger partial charge in [0.15, 0.2) is 0 Å². The fraction of sp³-hybridized carbons (Fsp3) is 0.692. The lowest BCUT2D eigenvalue weighted by Gasteiger charge is -2.12. The van der Waals surface area contributed by atoms with Crippen molar-refractivity contribution in [3.05, 3.63) is 16.4 Å². The summed E-state index contributed by atoms with van der Waals surface area (Å²) < 4.78 is 0. The Hall–Kier alpha value is -1.92. The maximum atomic E-state index is 11.2. The van der Waals surface area contributed by atoms with Gasteiger partial charge in [-0.1, -0.05) is 19.8 Å². The quantitative estimate of drug-likeness (QED) is 0.589. The topological polar surface area (TPSA) is 93.0 Å². The van der Waals surface area contributed by atoms with E-state index in [1.165, 1.54) is 32.0 Å². The van der Waals surface area contributed by atoms with Gasteiger partial charge in [0.05, 0.1) is 4.92 Å². The van der Waals surface area contributed by atoms with Crippen LogP contribution in [-0.4, -0.2) is 28.0 Å². The third kappa shape index (κ3) is 3.55. The molecule has 1 aromatic rings. The van der Waals surface area contributed by atoms with Gasteiger partial charge in [0, 0.05) is 13.1 Å². The van der Waals surface area contributed by atoms with E-state index in [4.69, 9.17) is 0 Å². The lowest BCUT2D eigenvalue weighted by atomic mass is 10.1. The van der Waals surface area contributed by atoms with Crippen LogP contribution in [0.25, 0.3) is 0 Å². The lowest BCUT2D eigenvalue weighted by molar-refractivity contribution is -0.383. The van der Waals surface area contributed by atoms with Crippen molar-refractivity contribution in [3.8, 4) is 0 Å². The molecule has 0 bridgehead atoms. The van der Waals surface area contributed by atoms with E-state index in [-0.39, 0.29) is 5.69 Å². The predicted octanol–water partition coefficient (Wildman–Crippen LogP) is 2.81. The highest BCUT2D eigenvalue weighted by atomic mass is 16.6. The van der Waals surface area contributed by atoms with Gasteiger partial charge in [0.1, 0.15) is 6.33 Å². The molecule has 0 amide bonds. The molecule has 0 spiro atoms. The Bertz CT molecular complexity index is 460. The monoisotopic (exact) mass is 279 g/mol. The lowest BCUT2D eigenvalue weighted by Crippen LogP contribution is -2.15. The van der Waals surface area contributed by atoms with E-state index in [0.29, 0.717) is 24.1 Å². The number of aromatic nitrogens is 2. The first kappa shape index (κ1) is 14.5. The van der Waals surface area contributed by atoms with Crippen LogP contribution in [0.2, 0.25) is 0 Å². The minimum Gasteiger partial charge on any atom is -0.364 e. The van der Waals surface area contributed by atoms with Crippen molar-refractivity contribution in [2.45, 2.75) is 39.0 Å². The van der Waals surface area contributed by atoms with Crippen LogP contribution in [0.5, 0.6) is 0 Å². The molecule has 7 nitrogen and oxygen atoms in total. The van der Waals surface area contributed by atoms with Crippen LogP contribution in [0.3, 0.4) is 0 Å². The Balaban J connectivity index is 2.11. The molecule has 2 rings (SSSR count). The van der Waals surface area contributed by atoms with Crippen LogP contribution >= 0.6 is 0 Å². The maximum absolute atomic E-state index is 11.2. The van der Waals surface area contributed by atoms with Crippen molar-refractivity contribution in [3.63, 3.8) is 0 Å². The highest BCUT2D eigenvalue weighted by molar-refractivity contribution is 5.69. The Kier molecular flexibility index (Phi) is 5.09. The van der Waals surface area contributed by atoms with E-state index in [9.17, 15) is 10.1 Å². The molecule has 0 saturated heterocycles. The molecule has 0 unspecified atom stereocenters. The maximum Gasteiger partial charge on any atom is 0.353 e. The van der Waals surface area contributed by atoms with Crippen molar-refractivity contribution >= 4 is 17.3 Å². The second-order valence-electron chi connectivity index (χ2n) is 5.13. The summed E-state index contributed by atoms with van der Waals surface area (Å²) in [5, 5.41) is 17.3. The third-order valence-corrected chi connectivity index (χ3v) is 3.58. The van der Waals surface area contributed by atoms with Gasteiger partial charge in [0.2, 0.25) is 11.6 Å². The Labute approximate surface area is 118 Å². The molecule has 2 N–H and O–H groups in total. The third-order valence-electron chi connectivity index (χ3n) is 3.58. The molecule has 110 valence electrons. The van der Waals surface area contributed by atoms with E-state index in [1.54, 1.807) is 0 Å². The fourth-order valence-electron chi connectivity index (χ4n) is 2.51. The average molecular weight is 279 g/mol. The molecule has 1 heterocycles. The van der Waals surface area contributed by atoms with Gasteiger partial charge in [-0.25, -0.2) is 9.97 Å². The smallest absolute Gasteiger partial charge is 0.353 e. The largest absolute Gasteiger partial charge is 0.364 e. The SMILES string of the molecule is CCCNc1ncnc(NCC2CCCC2)c1[N+](=O)[O-]. The molecule has 0 radical (unpaired) electrons. The number of nitro groups is 1. The van der Waals surface area contributed by atoms with Crippen LogP contribution in [0.4, 0.5) is 17.3 Å². The van der Waals surface area contributed by atoms with Gasteiger partial charge in [-0.2, -0.15) is 0 Å². The van der Waals surface area contributed by atoms with Crippen LogP contribution in [-0.2, 0) is 0 Å². The first-order valence-electron chi connectivity index (χ1n) is 7.19. The number of anilines is 2. The molecular formula is C13H21N5O2. The Morgan fingerprint density at radius 1 is 1.30 bits per heavy atom. The number of hydrogen-bond donors (Lipinski definition) is 2. The molecule has 1 aliphatic carbocycles. The minimum absolute atomic E-state index is 0.0565. The molecule has 20 heavy (non-hydrogen) atoms. The first-order valence-corrected chi connectivity index (χ1v) is 7.19. The van der Waals surface area contributed by atoms with Crippen LogP contribution in [0, 0.1) is 16.0 Å². The highest BCUT2D eigenvalue weighted by Crippen LogP contribution is 2.30. The van der Waals surface area contributed by atoms with Crippen LogP contribution < -0.4 is 10.6 Å². The molecule has 7 heteroatoms. The van der Waals surface area contributed by atoms with Crippen molar-refractivity contribution in [2.75, 3.05) is 23.7 Å². The van der Waals surface area contributed by atoms with Gasteiger partial charge in [-0.15, -0.1) is 0 Å². The molecule has 0 aromatic carbocycles. The van der Waals surface area contributed by atoms with Crippen molar-refractivity contribution in [2.24, 2.45) is 5.92 Å². The first-order chi connectivity index (χ1) is 9.72. The highest BCUT2D eigenvalue weighted by Gasteiger charge is 2.23. The zero-order valence-electron chi connectivity index (χ0n) is 11.8. The van der Waals surface area contributed by atoms with E-state index in [2.05, 4.69) is 20.6 Å². The van der Waals surface area contributed by atoms with E-state index >= 15 is 0 Å².